The fourth-order valence-corrected chi connectivity index (χ4v) is 5.40. The Morgan fingerprint density at radius 1 is 1.05 bits per heavy atom. The molecule has 0 spiro atoms. The minimum absolute atomic E-state index is 0.0551. The van der Waals surface area contributed by atoms with E-state index >= 15 is 0 Å². The van der Waals surface area contributed by atoms with E-state index in [0.717, 1.165) is 75.0 Å². The number of aryl methyl sites for hydroxylation is 1. The van der Waals surface area contributed by atoms with E-state index in [1.165, 1.54) is 0 Å². The number of fused-ring (bicyclic) bond motifs is 1. The lowest BCUT2D eigenvalue weighted by Gasteiger charge is -2.31. The van der Waals surface area contributed by atoms with Gasteiger partial charge in [0.2, 0.25) is 5.91 Å². The van der Waals surface area contributed by atoms with Crippen LogP contribution in [0, 0.1) is 5.92 Å². The van der Waals surface area contributed by atoms with Crippen LogP contribution in [0.15, 0.2) is 42.5 Å². The smallest absolute Gasteiger partial charge is 0.272 e. The van der Waals surface area contributed by atoms with Gasteiger partial charge in [0.1, 0.15) is 0 Å². The molecule has 0 saturated heterocycles. The van der Waals surface area contributed by atoms with Gasteiger partial charge in [-0.2, -0.15) is 5.10 Å². The zero-order chi connectivity index (χ0) is 27.1. The molecule has 2 aromatic rings. The van der Waals surface area contributed by atoms with E-state index in [2.05, 4.69) is 11.4 Å². The van der Waals surface area contributed by atoms with Crippen molar-refractivity contribution >= 4 is 17.5 Å². The molecule has 8 heteroatoms. The van der Waals surface area contributed by atoms with E-state index in [1.54, 1.807) is 14.2 Å². The number of aromatic nitrogens is 2. The summed E-state index contributed by atoms with van der Waals surface area (Å²) in [5.41, 5.74) is 3.20. The van der Waals surface area contributed by atoms with Gasteiger partial charge in [0.15, 0.2) is 17.2 Å². The largest absolute Gasteiger partial charge is 0.493 e. The molecule has 0 atom stereocenters. The van der Waals surface area contributed by atoms with Crippen LogP contribution >= 0.6 is 0 Å². The summed E-state index contributed by atoms with van der Waals surface area (Å²) in [6.45, 7) is 5.52. The molecule has 8 nitrogen and oxygen atoms in total. The molecular formula is C30H40N4O4. The summed E-state index contributed by atoms with van der Waals surface area (Å²) in [5, 5.41) is 7.96. The van der Waals surface area contributed by atoms with Crippen molar-refractivity contribution < 1.29 is 19.1 Å². The fourth-order valence-electron chi connectivity index (χ4n) is 5.40. The summed E-state index contributed by atoms with van der Waals surface area (Å²) in [6.07, 6.45) is 12.2. The van der Waals surface area contributed by atoms with Gasteiger partial charge in [-0.15, -0.1) is 0 Å². The lowest BCUT2D eigenvalue weighted by Crippen LogP contribution is -2.42. The van der Waals surface area contributed by atoms with Crippen molar-refractivity contribution in [3.8, 4) is 11.5 Å². The third kappa shape index (κ3) is 6.11. The molecule has 0 unspecified atom stereocenters. The highest BCUT2D eigenvalue weighted by atomic mass is 16.5. The van der Waals surface area contributed by atoms with E-state index in [9.17, 15) is 9.59 Å². The molecule has 0 bridgehead atoms. The number of nitrogens with one attached hydrogen (secondary N) is 1. The number of methoxy groups -OCH3 is 2. The highest BCUT2D eigenvalue weighted by Gasteiger charge is 2.30. The topological polar surface area (TPSA) is 85.7 Å². The van der Waals surface area contributed by atoms with Gasteiger partial charge in [-0.3, -0.25) is 9.59 Å². The Morgan fingerprint density at radius 3 is 2.47 bits per heavy atom. The first-order valence-electron chi connectivity index (χ1n) is 13.8. The normalized spacial score (nSPS) is 21.5. The zero-order valence-electron chi connectivity index (χ0n) is 23.0. The lowest BCUT2D eigenvalue weighted by molar-refractivity contribution is -0.136. The van der Waals surface area contributed by atoms with E-state index in [4.69, 9.17) is 14.6 Å². The second kappa shape index (κ2) is 12.8. The van der Waals surface area contributed by atoms with E-state index in [0.29, 0.717) is 17.2 Å². The van der Waals surface area contributed by atoms with Crippen LogP contribution < -0.4 is 14.8 Å². The summed E-state index contributed by atoms with van der Waals surface area (Å²) in [7, 11) is 3.24. The van der Waals surface area contributed by atoms with Gasteiger partial charge < -0.3 is 19.7 Å². The van der Waals surface area contributed by atoms with Gasteiger partial charge in [-0.05, 0) is 89.1 Å². The van der Waals surface area contributed by atoms with Crippen LogP contribution in [-0.4, -0.2) is 59.8 Å². The minimum Gasteiger partial charge on any atom is -0.493 e. The van der Waals surface area contributed by atoms with Crippen molar-refractivity contribution in [2.45, 2.75) is 64.8 Å². The minimum atomic E-state index is -0.164. The summed E-state index contributed by atoms with van der Waals surface area (Å²) in [4.78, 5) is 27.9. The summed E-state index contributed by atoms with van der Waals surface area (Å²) in [6, 6.07) is 7.75. The summed E-state index contributed by atoms with van der Waals surface area (Å²) >= 11 is 0. The van der Waals surface area contributed by atoms with Crippen LogP contribution in [0.4, 0.5) is 0 Å². The molecule has 1 aromatic carbocycles. The maximum atomic E-state index is 13.3. The third-order valence-corrected chi connectivity index (χ3v) is 7.60. The number of benzene rings is 1. The predicted octanol–water partition coefficient (Wildman–Crippen LogP) is 4.84. The number of amides is 2. The molecule has 204 valence electrons. The van der Waals surface area contributed by atoms with E-state index in [-0.39, 0.29) is 23.8 Å². The van der Waals surface area contributed by atoms with Gasteiger partial charge in [0, 0.05) is 36.3 Å². The quantitative estimate of drug-likeness (QED) is 0.538. The average molecular weight is 521 g/mol. The molecule has 1 aromatic heterocycles. The SMILES string of the molecule is CCN(CC)C(=O)[C@H]1CC[C@H](NC(=O)c2cc3n(n2)/C(c2ccc(OC)c(OC)c2)=C\C=C/CCC3)CC1. The molecule has 0 radical (unpaired) electrons. The predicted molar refractivity (Wildman–Crippen MR) is 148 cm³/mol. The monoisotopic (exact) mass is 520 g/mol. The molecule has 2 amide bonds. The number of carbonyl (C=O) groups is 2. The molecule has 1 fully saturated rings. The van der Waals surface area contributed by atoms with Crippen molar-refractivity contribution in [1.82, 2.24) is 20.0 Å². The van der Waals surface area contributed by atoms with Crippen LogP contribution in [0.3, 0.4) is 0 Å². The van der Waals surface area contributed by atoms with Crippen molar-refractivity contribution in [3.05, 3.63) is 59.4 Å². The Morgan fingerprint density at radius 2 is 1.79 bits per heavy atom. The Hall–Kier alpha value is -3.55. The second-order valence-corrected chi connectivity index (χ2v) is 9.91. The number of hydrogen-bond donors (Lipinski definition) is 1. The van der Waals surface area contributed by atoms with E-state index in [1.807, 2.05) is 59.8 Å². The Balaban J connectivity index is 1.51. The highest BCUT2D eigenvalue weighted by molar-refractivity contribution is 5.93. The molecule has 1 N–H and O–H groups in total. The number of carbonyl (C=O) groups excluding carboxylic acids is 2. The van der Waals surface area contributed by atoms with Crippen LogP contribution in [0.2, 0.25) is 0 Å². The maximum absolute atomic E-state index is 13.3. The lowest BCUT2D eigenvalue weighted by atomic mass is 9.85. The third-order valence-electron chi connectivity index (χ3n) is 7.60. The van der Waals surface area contributed by atoms with Gasteiger partial charge in [0.05, 0.1) is 19.9 Å². The Bertz CT molecular complexity index is 1190. The number of rotatable bonds is 8. The maximum Gasteiger partial charge on any atom is 0.272 e. The average Bonchev–Trinajstić information content (AvgIpc) is 3.39. The molecule has 2 aliphatic rings. The van der Waals surface area contributed by atoms with Gasteiger partial charge in [-0.25, -0.2) is 4.68 Å². The summed E-state index contributed by atoms with van der Waals surface area (Å²) < 4.78 is 12.8. The second-order valence-electron chi connectivity index (χ2n) is 9.91. The number of ether oxygens (including phenoxy) is 2. The first-order valence-corrected chi connectivity index (χ1v) is 13.8. The Labute approximate surface area is 225 Å². The van der Waals surface area contributed by atoms with Crippen LogP contribution in [0.1, 0.15) is 74.1 Å². The van der Waals surface area contributed by atoms with Crippen LogP contribution in [0.5, 0.6) is 11.5 Å². The van der Waals surface area contributed by atoms with Gasteiger partial charge >= 0.3 is 0 Å². The summed E-state index contributed by atoms with van der Waals surface area (Å²) in [5.74, 6) is 1.43. The molecule has 1 saturated carbocycles. The first-order chi connectivity index (χ1) is 18.5. The van der Waals surface area contributed by atoms with Crippen molar-refractivity contribution in [2.24, 2.45) is 5.92 Å². The molecular weight excluding hydrogens is 480 g/mol. The van der Waals surface area contributed by atoms with Crippen molar-refractivity contribution in [3.63, 3.8) is 0 Å². The molecule has 1 aliphatic heterocycles. The van der Waals surface area contributed by atoms with Gasteiger partial charge in [-0.1, -0.05) is 12.2 Å². The van der Waals surface area contributed by atoms with Crippen molar-refractivity contribution in [2.75, 3.05) is 27.3 Å². The molecule has 4 rings (SSSR count). The van der Waals surface area contributed by atoms with E-state index < -0.39 is 0 Å². The number of allylic oxidation sites excluding steroid dienone is 3. The molecule has 1 aliphatic carbocycles. The van der Waals surface area contributed by atoms with Crippen LogP contribution in [0.25, 0.3) is 5.70 Å². The number of hydrogen-bond acceptors (Lipinski definition) is 5. The first kappa shape index (κ1) is 27.5. The van der Waals surface area contributed by atoms with Gasteiger partial charge in [0.25, 0.3) is 5.91 Å². The fraction of sp³-hybridized carbons (Fsp3) is 0.500. The van der Waals surface area contributed by atoms with Crippen molar-refractivity contribution in [1.29, 1.82) is 0 Å². The zero-order valence-corrected chi connectivity index (χ0v) is 23.0. The number of nitrogens with zero attached hydrogens (tertiary/aromatic N) is 3. The van der Waals surface area contributed by atoms with Crippen LogP contribution in [-0.2, 0) is 11.2 Å². The molecule has 2 heterocycles. The Kier molecular flexibility index (Phi) is 9.26. The standard InChI is InChI=1S/C30H40N4O4/c1-5-33(6-2)30(36)21-13-16-23(17-14-21)31-29(35)25-20-24-11-9-7-8-10-12-26(34(24)32-25)22-15-18-27(37-3)28(19-22)38-4/h8,10,12,15,18-21,23H,5-7,9,11,13-14,16-17H2,1-4H3,(H,31,35)/b10-8-,26-12-/t21-,23-. The highest BCUT2D eigenvalue weighted by Crippen LogP contribution is 2.32. The molecule has 38 heavy (non-hydrogen) atoms.